The van der Waals surface area contributed by atoms with Gasteiger partial charge in [0.05, 0.1) is 7.11 Å². The number of carbonyl (C=O) groups is 1. The molecule has 0 radical (unpaired) electrons. The van der Waals surface area contributed by atoms with E-state index in [0.717, 1.165) is 31.4 Å². The van der Waals surface area contributed by atoms with Crippen LogP contribution in [-0.2, 0) is 10.2 Å². The minimum atomic E-state index is -0.0138. The van der Waals surface area contributed by atoms with Gasteiger partial charge >= 0.3 is 0 Å². The molecule has 2 unspecified atom stereocenters. The van der Waals surface area contributed by atoms with Crippen LogP contribution in [0.3, 0.4) is 0 Å². The van der Waals surface area contributed by atoms with Crippen molar-refractivity contribution in [2.75, 3.05) is 7.11 Å². The first-order valence-corrected chi connectivity index (χ1v) is 8.23. The van der Waals surface area contributed by atoms with Crippen LogP contribution in [0.2, 0.25) is 0 Å². The Morgan fingerprint density at radius 2 is 2.13 bits per heavy atom. The minimum Gasteiger partial charge on any atom is -0.496 e. The van der Waals surface area contributed by atoms with Crippen molar-refractivity contribution in [3.63, 3.8) is 0 Å². The molecule has 0 aromatic heterocycles. The van der Waals surface area contributed by atoms with E-state index in [1.54, 1.807) is 7.11 Å². The fourth-order valence-corrected chi connectivity index (χ4v) is 3.80. The number of halogens is 1. The lowest BCUT2D eigenvalue weighted by atomic mass is 9.96. The highest BCUT2D eigenvalue weighted by molar-refractivity contribution is 5.85. The topological polar surface area (TPSA) is 64.3 Å². The summed E-state index contributed by atoms with van der Waals surface area (Å²) in [6.45, 7) is 2.19. The molecule has 0 heterocycles. The number of ether oxygens (including phenoxy) is 1. The van der Waals surface area contributed by atoms with Crippen molar-refractivity contribution in [1.82, 2.24) is 5.32 Å². The van der Waals surface area contributed by atoms with Gasteiger partial charge in [-0.05, 0) is 31.2 Å². The fourth-order valence-electron chi connectivity index (χ4n) is 3.80. The van der Waals surface area contributed by atoms with Gasteiger partial charge in [-0.25, -0.2) is 0 Å². The number of para-hydroxylation sites is 1. The van der Waals surface area contributed by atoms with Crippen LogP contribution in [0.1, 0.15) is 44.6 Å². The number of benzene rings is 1. The van der Waals surface area contributed by atoms with Gasteiger partial charge in [0, 0.05) is 29.5 Å². The summed E-state index contributed by atoms with van der Waals surface area (Å²) >= 11 is 0. The van der Waals surface area contributed by atoms with Gasteiger partial charge in [0.2, 0.25) is 5.91 Å². The summed E-state index contributed by atoms with van der Waals surface area (Å²) in [5.74, 6) is 1.40. The van der Waals surface area contributed by atoms with Crippen LogP contribution in [0.15, 0.2) is 24.3 Å². The Kier molecular flexibility index (Phi) is 5.58. The monoisotopic (exact) mass is 338 g/mol. The molecule has 1 amide bonds. The lowest BCUT2D eigenvalue weighted by Crippen LogP contribution is -2.34. The maximum absolute atomic E-state index is 12.3. The SMILES string of the molecule is COc1ccccc1C1(C)CC1NC(=O)C[C@@H]1CCC[C@H]1N.Cl. The van der Waals surface area contributed by atoms with E-state index in [2.05, 4.69) is 18.3 Å². The maximum Gasteiger partial charge on any atom is 0.220 e. The molecule has 0 spiro atoms. The number of hydrogen-bond donors (Lipinski definition) is 2. The largest absolute Gasteiger partial charge is 0.496 e. The van der Waals surface area contributed by atoms with Crippen molar-refractivity contribution < 1.29 is 9.53 Å². The second kappa shape index (κ2) is 7.10. The van der Waals surface area contributed by atoms with E-state index in [9.17, 15) is 4.79 Å². The van der Waals surface area contributed by atoms with Gasteiger partial charge in [-0.2, -0.15) is 0 Å². The molecule has 4 nitrogen and oxygen atoms in total. The van der Waals surface area contributed by atoms with E-state index in [0.29, 0.717) is 12.3 Å². The number of nitrogens with one attached hydrogen (secondary N) is 1. The number of methoxy groups -OCH3 is 1. The molecule has 2 fully saturated rings. The van der Waals surface area contributed by atoms with Gasteiger partial charge in [-0.15, -0.1) is 12.4 Å². The summed E-state index contributed by atoms with van der Waals surface area (Å²) in [7, 11) is 1.69. The standard InChI is InChI=1S/C18H26N2O2.ClH/c1-18(13-7-3-4-9-15(13)22-2)11-16(18)20-17(21)10-12-6-5-8-14(12)19;/h3-4,7,9,12,14,16H,5-6,8,10-11,19H2,1-2H3,(H,20,21);1H/t12-,14+,16?,18?;/m0./s1. The first-order chi connectivity index (χ1) is 10.5. The Morgan fingerprint density at radius 3 is 2.78 bits per heavy atom. The summed E-state index contributed by atoms with van der Waals surface area (Å²) in [4.78, 5) is 12.3. The average molecular weight is 339 g/mol. The fraction of sp³-hybridized carbons (Fsp3) is 0.611. The molecule has 23 heavy (non-hydrogen) atoms. The Balaban J connectivity index is 0.00000192. The zero-order valence-electron chi connectivity index (χ0n) is 13.9. The lowest BCUT2D eigenvalue weighted by molar-refractivity contribution is -0.122. The van der Waals surface area contributed by atoms with Crippen LogP contribution in [0.5, 0.6) is 5.75 Å². The second-order valence-electron chi connectivity index (χ2n) is 7.00. The Hall–Kier alpha value is -1.26. The first kappa shape index (κ1) is 18.1. The first-order valence-electron chi connectivity index (χ1n) is 8.23. The normalized spacial score (nSPS) is 32.0. The van der Waals surface area contributed by atoms with Gasteiger partial charge in [-0.3, -0.25) is 4.79 Å². The van der Waals surface area contributed by atoms with E-state index in [1.807, 2.05) is 18.2 Å². The zero-order chi connectivity index (χ0) is 15.7. The third-order valence-electron chi connectivity index (χ3n) is 5.46. The van der Waals surface area contributed by atoms with Gasteiger partial charge in [-0.1, -0.05) is 31.5 Å². The highest BCUT2D eigenvalue weighted by Gasteiger charge is 2.53. The number of rotatable bonds is 5. The molecule has 3 N–H and O–H groups in total. The van der Waals surface area contributed by atoms with Crippen LogP contribution < -0.4 is 15.8 Å². The number of nitrogens with two attached hydrogens (primary N) is 1. The molecule has 2 saturated carbocycles. The molecule has 2 aliphatic carbocycles. The summed E-state index contributed by atoms with van der Waals surface area (Å²) in [5.41, 5.74) is 7.23. The quantitative estimate of drug-likeness (QED) is 0.867. The minimum absolute atomic E-state index is 0. The van der Waals surface area contributed by atoms with Crippen molar-refractivity contribution in [1.29, 1.82) is 0 Å². The molecule has 5 heteroatoms. The van der Waals surface area contributed by atoms with E-state index < -0.39 is 0 Å². The molecule has 2 aliphatic rings. The van der Waals surface area contributed by atoms with Gasteiger partial charge in [0.1, 0.15) is 5.75 Å². The van der Waals surface area contributed by atoms with Gasteiger partial charge in [0.25, 0.3) is 0 Å². The summed E-state index contributed by atoms with van der Waals surface area (Å²) in [6.07, 6.45) is 4.83. The number of amides is 1. The van der Waals surface area contributed by atoms with E-state index >= 15 is 0 Å². The molecule has 3 rings (SSSR count). The van der Waals surface area contributed by atoms with Gasteiger partial charge in [0.15, 0.2) is 0 Å². The van der Waals surface area contributed by atoms with Crippen molar-refractivity contribution in [3.8, 4) is 5.75 Å². The Bertz CT molecular complexity index is 566. The molecular weight excluding hydrogens is 312 g/mol. The third kappa shape index (κ3) is 3.64. The van der Waals surface area contributed by atoms with Gasteiger partial charge < -0.3 is 15.8 Å². The van der Waals surface area contributed by atoms with Crippen LogP contribution >= 0.6 is 12.4 Å². The van der Waals surface area contributed by atoms with Crippen molar-refractivity contribution in [2.45, 2.75) is 56.5 Å². The molecule has 4 atom stereocenters. The smallest absolute Gasteiger partial charge is 0.220 e. The van der Waals surface area contributed by atoms with Crippen molar-refractivity contribution in [2.24, 2.45) is 11.7 Å². The average Bonchev–Trinajstić information content (AvgIpc) is 2.98. The molecular formula is C18H27ClN2O2. The van der Waals surface area contributed by atoms with Crippen molar-refractivity contribution in [3.05, 3.63) is 29.8 Å². The summed E-state index contributed by atoms with van der Waals surface area (Å²) in [6, 6.07) is 8.48. The maximum atomic E-state index is 12.3. The molecule has 0 saturated heterocycles. The predicted molar refractivity (Wildman–Crippen MR) is 94.1 cm³/mol. The third-order valence-corrected chi connectivity index (χ3v) is 5.46. The highest BCUT2D eigenvalue weighted by atomic mass is 35.5. The molecule has 128 valence electrons. The molecule has 1 aromatic carbocycles. The Labute approximate surface area is 144 Å². The van der Waals surface area contributed by atoms with Crippen molar-refractivity contribution >= 4 is 18.3 Å². The zero-order valence-corrected chi connectivity index (χ0v) is 14.7. The van der Waals surface area contributed by atoms with Crippen LogP contribution in [0.4, 0.5) is 0 Å². The van der Waals surface area contributed by atoms with Crippen LogP contribution in [0.25, 0.3) is 0 Å². The lowest BCUT2D eigenvalue weighted by Gasteiger charge is -2.18. The van der Waals surface area contributed by atoms with Crippen LogP contribution in [-0.4, -0.2) is 25.1 Å². The molecule has 0 bridgehead atoms. The number of hydrogen-bond acceptors (Lipinski definition) is 3. The molecule has 1 aromatic rings. The summed E-state index contributed by atoms with van der Waals surface area (Å²) < 4.78 is 5.46. The predicted octanol–water partition coefficient (Wildman–Crippen LogP) is 2.78. The summed E-state index contributed by atoms with van der Waals surface area (Å²) in [5, 5.41) is 3.19. The van der Waals surface area contributed by atoms with Crippen LogP contribution in [0, 0.1) is 5.92 Å². The second-order valence-corrected chi connectivity index (χ2v) is 7.00. The highest BCUT2D eigenvalue weighted by Crippen LogP contribution is 2.51. The van der Waals surface area contributed by atoms with E-state index in [4.69, 9.17) is 10.5 Å². The number of carbonyl (C=O) groups excluding carboxylic acids is 1. The molecule has 0 aliphatic heterocycles. The Morgan fingerprint density at radius 1 is 1.39 bits per heavy atom. The van der Waals surface area contributed by atoms with E-state index in [-0.39, 0.29) is 35.8 Å². The van der Waals surface area contributed by atoms with E-state index in [1.165, 1.54) is 5.56 Å².